The lowest BCUT2D eigenvalue weighted by atomic mass is 10.4. The number of nitrogens with one attached hydrogen (secondary N) is 1. The van der Waals surface area contributed by atoms with Crippen molar-refractivity contribution in [3.63, 3.8) is 0 Å². The second-order valence-electron chi connectivity index (χ2n) is 3.93. The van der Waals surface area contributed by atoms with Gasteiger partial charge in [0.25, 0.3) is 0 Å². The minimum atomic E-state index is -4.74. The van der Waals surface area contributed by atoms with Crippen LogP contribution in [0.3, 0.4) is 0 Å². The van der Waals surface area contributed by atoms with Crippen LogP contribution in [0, 0.1) is 0 Å². The van der Waals surface area contributed by atoms with E-state index in [1.165, 1.54) is 10.9 Å². The largest absolute Gasteiger partial charge is 0.469 e. The molecule has 2 rings (SSSR count). The Hall–Kier alpha value is -1.78. The smallest absolute Gasteiger partial charge is 0.394 e. The molecule has 110 valence electrons. The highest BCUT2D eigenvalue weighted by Gasteiger charge is 2.23. The summed E-state index contributed by atoms with van der Waals surface area (Å²) in [6, 6.07) is 0. The van der Waals surface area contributed by atoms with Crippen molar-refractivity contribution in [2.45, 2.75) is 12.6 Å². The molecule has 0 unspecified atom stereocenters. The summed E-state index contributed by atoms with van der Waals surface area (Å²) >= 11 is 0. The summed E-state index contributed by atoms with van der Waals surface area (Å²) in [6.07, 6.45) is 0.0862. The maximum absolute atomic E-state index is 11.2. The van der Waals surface area contributed by atoms with Gasteiger partial charge in [0.15, 0.2) is 5.65 Å². The quantitative estimate of drug-likeness (QED) is 0.397. The highest BCUT2D eigenvalue weighted by atomic mass is 31.2. The van der Waals surface area contributed by atoms with Crippen LogP contribution in [0.5, 0.6) is 0 Å². The molecule has 0 fully saturated rings. The summed E-state index contributed by atoms with van der Waals surface area (Å²) in [5, 5.41) is 9.05. The lowest BCUT2D eigenvalue weighted by Gasteiger charge is -2.16. The number of aromatic amines is 1. The third-order valence-electron chi connectivity index (χ3n) is 2.40. The molecule has 0 aromatic carbocycles. The lowest BCUT2D eigenvalue weighted by molar-refractivity contribution is 0.0696. The third-order valence-corrected chi connectivity index (χ3v) is 2.98. The zero-order chi connectivity index (χ0) is 14.9. The van der Waals surface area contributed by atoms with E-state index in [0.29, 0.717) is 0 Å². The number of aliphatic hydroxyl groups excluding tert-OH is 1. The second-order valence-corrected chi connectivity index (χ2v) is 5.12. The Bertz CT molecular complexity index is 720. The van der Waals surface area contributed by atoms with E-state index in [2.05, 4.69) is 19.5 Å². The average molecular weight is 305 g/mol. The molecule has 0 aliphatic carbocycles. The molecule has 2 aromatic rings. The number of rotatable bonds is 5. The maximum Gasteiger partial charge on any atom is 0.469 e. The fourth-order valence-corrected chi connectivity index (χ4v) is 2.17. The maximum atomic E-state index is 11.2. The third kappa shape index (κ3) is 3.21. The summed E-state index contributed by atoms with van der Waals surface area (Å²) in [5.41, 5.74) is 5.23. The van der Waals surface area contributed by atoms with Gasteiger partial charge in [0.2, 0.25) is 0 Å². The number of phosphoric ester groups is 1. The van der Waals surface area contributed by atoms with E-state index < -0.39 is 26.2 Å². The molecule has 6 N–H and O–H groups in total. The van der Waals surface area contributed by atoms with Crippen LogP contribution in [0.25, 0.3) is 11.2 Å². The SMILES string of the molecule is Nc1[nH]c(=O)nc2c1ncn2C[C@@H](CO)OP(=O)(O)O. The Morgan fingerprint density at radius 2 is 2.25 bits per heavy atom. The fraction of sp³-hybridized carbons (Fsp3) is 0.375. The number of hydrogen-bond donors (Lipinski definition) is 5. The Balaban J connectivity index is 2.34. The number of nitrogens with two attached hydrogens (primary N) is 1. The van der Waals surface area contributed by atoms with Crippen molar-refractivity contribution >= 4 is 24.8 Å². The van der Waals surface area contributed by atoms with Gasteiger partial charge in [-0.05, 0) is 0 Å². The van der Waals surface area contributed by atoms with Gasteiger partial charge in [0.1, 0.15) is 17.4 Å². The van der Waals surface area contributed by atoms with Crippen molar-refractivity contribution in [3.05, 3.63) is 16.8 Å². The molecule has 0 spiro atoms. The first-order chi connectivity index (χ1) is 9.30. The predicted molar refractivity (Wildman–Crippen MR) is 66.6 cm³/mol. The van der Waals surface area contributed by atoms with Gasteiger partial charge in [0, 0.05) is 0 Å². The Labute approximate surface area is 111 Å². The van der Waals surface area contributed by atoms with Crippen molar-refractivity contribution in [2.75, 3.05) is 12.3 Å². The Morgan fingerprint density at radius 1 is 1.55 bits per heavy atom. The molecule has 2 aromatic heterocycles. The predicted octanol–water partition coefficient (Wildman–Crippen LogP) is -1.83. The van der Waals surface area contributed by atoms with Crippen LogP contribution < -0.4 is 11.4 Å². The highest BCUT2D eigenvalue weighted by Crippen LogP contribution is 2.37. The summed E-state index contributed by atoms with van der Waals surface area (Å²) < 4.78 is 16.4. The minimum absolute atomic E-state index is 0.0233. The van der Waals surface area contributed by atoms with E-state index in [1.54, 1.807) is 0 Å². The molecule has 1 atom stereocenters. The van der Waals surface area contributed by atoms with E-state index in [1.807, 2.05) is 0 Å². The number of aromatic nitrogens is 4. The fourth-order valence-electron chi connectivity index (χ4n) is 1.65. The second kappa shape index (κ2) is 5.31. The molecule has 0 bridgehead atoms. The van der Waals surface area contributed by atoms with Gasteiger partial charge in [0.05, 0.1) is 19.5 Å². The van der Waals surface area contributed by atoms with E-state index in [-0.39, 0.29) is 23.5 Å². The molecule has 2 heterocycles. The first-order valence-corrected chi connectivity index (χ1v) is 6.88. The normalized spacial score (nSPS) is 13.8. The standard InChI is InChI=1S/C8H12N5O6P/c9-6-5-7(12-8(15)11-6)13(3-10-5)1-4(2-14)19-20(16,17)18/h3-4,14H,1-2H2,(H2,16,17,18)(H3,9,11,12,15)/t4-/m0/s1. The summed E-state index contributed by atoms with van der Waals surface area (Å²) in [6.45, 7) is -0.794. The number of imidazole rings is 1. The lowest BCUT2D eigenvalue weighted by Crippen LogP contribution is -2.23. The van der Waals surface area contributed by atoms with Crippen molar-refractivity contribution in [1.82, 2.24) is 19.5 Å². The molecule has 12 heteroatoms. The zero-order valence-corrected chi connectivity index (χ0v) is 10.9. The van der Waals surface area contributed by atoms with E-state index in [9.17, 15) is 9.36 Å². The van der Waals surface area contributed by atoms with Crippen LogP contribution in [-0.2, 0) is 15.6 Å². The van der Waals surface area contributed by atoms with Crippen molar-refractivity contribution in [2.24, 2.45) is 0 Å². The van der Waals surface area contributed by atoms with Crippen LogP contribution >= 0.6 is 7.82 Å². The Kier molecular flexibility index (Phi) is 3.88. The zero-order valence-electron chi connectivity index (χ0n) is 10.0. The molecule has 0 saturated heterocycles. The monoisotopic (exact) mass is 305 g/mol. The summed E-state index contributed by atoms with van der Waals surface area (Å²) in [7, 11) is -4.74. The van der Waals surface area contributed by atoms with Gasteiger partial charge in [-0.15, -0.1) is 0 Å². The van der Waals surface area contributed by atoms with Crippen LogP contribution in [0.4, 0.5) is 5.82 Å². The number of nitrogen functional groups attached to an aromatic ring is 1. The first-order valence-electron chi connectivity index (χ1n) is 5.35. The average Bonchev–Trinajstić information content (AvgIpc) is 2.70. The number of fused-ring (bicyclic) bond motifs is 1. The molecular formula is C8H12N5O6P. The van der Waals surface area contributed by atoms with Gasteiger partial charge < -0.3 is 25.2 Å². The number of H-pyrrole nitrogens is 1. The molecule has 20 heavy (non-hydrogen) atoms. The van der Waals surface area contributed by atoms with E-state index >= 15 is 0 Å². The van der Waals surface area contributed by atoms with Crippen LogP contribution in [0.15, 0.2) is 11.1 Å². The number of phosphoric acid groups is 1. The molecule has 0 amide bonds. The van der Waals surface area contributed by atoms with Crippen molar-refractivity contribution in [3.8, 4) is 0 Å². The van der Waals surface area contributed by atoms with E-state index in [0.717, 1.165) is 0 Å². The van der Waals surface area contributed by atoms with Gasteiger partial charge in [-0.2, -0.15) is 4.98 Å². The summed E-state index contributed by atoms with van der Waals surface area (Å²) in [5.74, 6) is 0.0233. The number of aliphatic hydroxyl groups is 1. The highest BCUT2D eigenvalue weighted by molar-refractivity contribution is 7.46. The van der Waals surface area contributed by atoms with Gasteiger partial charge in [-0.1, -0.05) is 0 Å². The Morgan fingerprint density at radius 3 is 2.85 bits per heavy atom. The van der Waals surface area contributed by atoms with Gasteiger partial charge >= 0.3 is 13.5 Å². The molecule has 0 aliphatic rings. The van der Waals surface area contributed by atoms with E-state index in [4.69, 9.17) is 20.6 Å². The van der Waals surface area contributed by atoms with Gasteiger partial charge in [-0.25, -0.2) is 14.3 Å². The number of anilines is 1. The first kappa shape index (κ1) is 14.6. The summed E-state index contributed by atoms with van der Waals surface area (Å²) in [4.78, 5) is 38.5. The van der Waals surface area contributed by atoms with Crippen molar-refractivity contribution in [1.29, 1.82) is 0 Å². The number of nitrogens with zero attached hydrogens (tertiary/aromatic N) is 3. The topological polar surface area (TPSA) is 177 Å². The minimum Gasteiger partial charge on any atom is -0.394 e. The van der Waals surface area contributed by atoms with Crippen LogP contribution in [0.1, 0.15) is 0 Å². The molecule has 0 saturated carbocycles. The van der Waals surface area contributed by atoms with Gasteiger partial charge in [-0.3, -0.25) is 9.51 Å². The van der Waals surface area contributed by atoms with Crippen molar-refractivity contribution < 1.29 is 24.0 Å². The number of hydrogen-bond acceptors (Lipinski definition) is 7. The molecule has 0 radical (unpaired) electrons. The molecule has 11 nitrogen and oxygen atoms in total. The van der Waals surface area contributed by atoms with Crippen LogP contribution in [0.2, 0.25) is 0 Å². The van der Waals surface area contributed by atoms with Crippen LogP contribution in [-0.4, -0.2) is 47.1 Å². The molecule has 0 aliphatic heterocycles. The molecular weight excluding hydrogens is 293 g/mol.